The van der Waals surface area contributed by atoms with Crippen molar-refractivity contribution in [3.63, 3.8) is 0 Å². The first-order chi connectivity index (χ1) is 8.32. The number of amides is 1. The molecule has 0 aromatic heterocycles. The summed E-state index contributed by atoms with van der Waals surface area (Å²) in [6.45, 7) is 6.50. The Hall–Kier alpha value is -1.06. The van der Waals surface area contributed by atoms with Crippen molar-refractivity contribution in [2.75, 3.05) is 12.4 Å². The molecule has 1 aromatic carbocycles. The molecule has 1 atom stereocenters. The number of fused-ring (bicyclic) bond motifs is 1. The number of hydrogen-bond donors (Lipinski definition) is 2. The van der Waals surface area contributed by atoms with Gasteiger partial charge in [-0.05, 0) is 29.7 Å². The Bertz CT molecular complexity index is 491. The fourth-order valence-corrected chi connectivity index (χ4v) is 2.82. The van der Waals surface area contributed by atoms with E-state index in [2.05, 4.69) is 31.4 Å². The van der Waals surface area contributed by atoms with Gasteiger partial charge >= 0.3 is 0 Å². The summed E-state index contributed by atoms with van der Waals surface area (Å²) >= 11 is 6.34. The summed E-state index contributed by atoms with van der Waals surface area (Å²) < 4.78 is 0. The second kappa shape index (κ2) is 4.56. The second-order valence-corrected chi connectivity index (χ2v) is 6.25. The molecule has 1 heterocycles. The van der Waals surface area contributed by atoms with Gasteiger partial charge in [-0.1, -0.05) is 38.4 Å². The summed E-state index contributed by atoms with van der Waals surface area (Å²) in [7, 11) is 1.93. The molecule has 1 aromatic rings. The van der Waals surface area contributed by atoms with E-state index in [1.807, 2.05) is 19.2 Å². The first kappa shape index (κ1) is 13.4. The minimum absolute atomic E-state index is 0.0370. The minimum Gasteiger partial charge on any atom is -0.325 e. The third-order valence-electron chi connectivity index (χ3n) is 3.31. The molecule has 18 heavy (non-hydrogen) atoms. The molecule has 0 spiro atoms. The van der Waals surface area contributed by atoms with Gasteiger partial charge < -0.3 is 10.6 Å². The van der Waals surface area contributed by atoms with Gasteiger partial charge in [-0.25, -0.2) is 0 Å². The van der Waals surface area contributed by atoms with Crippen LogP contribution in [0.5, 0.6) is 0 Å². The maximum Gasteiger partial charge on any atom is 0.228 e. The van der Waals surface area contributed by atoms with E-state index in [0.717, 1.165) is 16.8 Å². The zero-order valence-electron chi connectivity index (χ0n) is 11.2. The number of halogens is 1. The van der Waals surface area contributed by atoms with Gasteiger partial charge in [-0.2, -0.15) is 0 Å². The highest BCUT2D eigenvalue weighted by atomic mass is 35.5. The van der Waals surface area contributed by atoms with Crippen molar-refractivity contribution in [2.45, 2.75) is 33.2 Å². The zero-order valence-corrected chi connectivity index (χ0v) is 12.0. The van der Waals surface area contributed by atoms with Gasteiger partial charge in [0.2, 0.25) is 5.91 Å². The summed E-state index contributed by atoms with van der Waals surface area (Å²) in [6.07, 6.45) is 0.445. The van der Waals surface area contributed by atoms with Crippen molar-refractivity contribution < 1.29 is 4.79 Å². The minimum atomic E-state index is 0.0370. The summed E-state index contributed by atoms with van der Waals surface area (Å²) in [6, 6.07) is 4.06. The summed E-state index contributed by atoms with van der Waals surface area (Å²) in [5, 5.41) is 6.83. The smallest absolute Gasteiger partial charge is 0.228 e. The summed E-state index contributed by atoms with van der Waals surface area (Å²) in [5.41, 5.74) is 2.99. The van der Waals surface area contributed by atoms with Gasteiger partial charge in [0.15, 0.2) is 0 Å². The Morgan fingerprint density at radius 3 is 2.61 bits per heavy atom. The lowest BCUT2D eigenvalue weighted by Crippen LogP contribution is -2.30. The zero-order chi connectivity index (χ0) is 13.5. The van der Waals surface area contributed by atoms with Crippen LogP contribution in [0.15, 0.2) is 12.1 Å². The molecule has 2 rings (SSSR count). The van der Waals surface area contributed by atoms with Crippen molar-refractivity contribution in [1.29, 1.82) is 0 Å². The van der Waals surface area contributed by atoms with Crippen molar-refractivity contribution >= 4 is 23.2 Å². The molecular formula is C14H19ClN2O. The summed E-state index contributed by atoms with van der Waals surface area (Å²) in [5.74, 6) is 0.0370. The average Bonchev–Trinajstić information content (AvgIpc) is 2.56. The first-order valence-electron chi connectivity index (χ1n) is 6.12. The number of anilines is 1. The predicted octanol–water partition coefficient (Wildman–Crippen LogP) is 3.14. The number of rotatable bonds is 2. The molecule has 3 nitrogen and oxygen atoms in total. The van der Waals surface area contributed by atoms with E-state index >= 15 is 0 Å². The molecule has 0 bridgehead atoms. The van der Waals surface area contributed by atoms with Gasteiger partial charge in [0.25, 0.3) is 0 Å². The topological polar surface area (TPSA) is 41.1 Å². The van der Waals surface area contributed by atoms with Crippen LogP contribution in [0.1, 0.15) is 37.9 Å². The van der Waals surface area contributed by atoms with Crippen LogP contribution >= 0.6 is 11.6 Å². The van der Waals surface area contributed by atoms with E-state index in [9.17, 15) is 4.79 Å². The quantitative estimate of drug-likeness (QED) is 0.863. The highest BCUT2D eigenvalue weighted by Gasteiger charge is 2.29. The van der Waals surface area contributed by atoms with Crippen molar-refractivity contribution in [3.05, 3.63) is 28.3 Å². The van der Waals surface area contributed by atoms with E-state index in [1.165, 1.54) is 0 Å². The number of benzene rings is 1. The number of carbonyl (C=O) groups is 1. The maximum absolute atomic E-state index is 11.4. The lowest BCUT2D eigenvalue weighted by molar-refractivity contribution is -0.115. The average molecular weight is 267 g/mol. The van der Waals surface area contributed by atoms with E-state index < -0.39 is 0 Å². The van der Waals surface area contributed by atoms with Crippen LogP contribution in [0.2, 0.25) is 5.02 Å². The molecule has 0 saturated heterocycles. The monoisotopic (exact) mass is 266 g/mol. The normalized spacial score (nSPS) is 16.4. The third kappa shape index (κ3) is 2.38. The largest absolute Gasteiger partial charge is 0.325 e. The Morgan fingerprint density at radius 1 is 1.39 bits per heavy atom. The summed E-state index contributed by atoms with van der Waals surface area (Å²) in [4.78, 5) is 11.4. The molecule has 0 aliphatic carbocycles. The fourth-order valence-electron chi connectivity index (χ4n) is 2.54. The van der Waals surface area contributed by atoms with Gasteiger partial charge in [0.05, 0.1) is 6.42 Å². The number of nitrogens with one attached hydrogen (secondary N) is 2. The van der Waals surface area contributed by atoms with Crippen LogP contribution in [-0.4, -0.2) is 13.0 Å². The molecule has 0 fully saturated rings. The molecule has 4 heteroatoms. The molecular weight excluding hydrogens is 248 g/mol. The fraction of sp³-hybridized carbons (Fsp3) is 0.500. The molecule has 1 aliphatic rings. The van der Waals surface area contributed by atoms with Crippen LogP contribution in [-0.2, 0) is 11.2 Å². The molecule has 1 aliphatic heterocycles. The maximum atomic E-state index is 11.4. The molecule has 2 N–H and O–H groups in total. The van der Waals surface area contributed by atoms with Crippen LogP contribution in [0, 0.1) is 5.41 Å². The van der Waals surface area contributed by atoms with E-state index in [1.54, 1.807) is 0 Å². The van der Waals surface area contributed by atoms with Crippen LogP contribution in [0.3, 0.4) is 0 Å². The number of carbonyl (C=O) groups excluding carboxylic acids is 1. The van der Waals surface area contributed by atoms with Crippen molar-refractivity contribution in [3.8, 4) is 0 Å². The Morgan fingerprint density at radius 2 is 2.06 bits per heavy atom. The predicted molar refractivity (Wildman–Crippen MR) is 75.0 cm³/mol. The lowest BCUT2D eigenvalue weighted by atomic mass is 9.82. The first-order valence-corrected chi connectivity index (χ1v) is 6.50. The van der Waals surface area contributed by atoms with Gasteiger partial charge in [-0.15, -0.1) is 0 Å². The second-order valence-electron chi connectivity index (χ2n) is 5.84. The molecule has 1 amide bonds. The third-order valence-corrected chi connectivity index (χ3v) is 3.64. The highest BCUT2D eigenvalue weighted by Crippen LogP contribution is 2.39. The standard InChI is InChI=1S/C14H19ClN2O/c1-14(2,3)13(16-4)9-5-8-6-12(18)17-11(8)7-10(9)15/h5,7,13,16H,6H2,1-4H3,(H,17,18). The van der Waals surface area contributed by atoms with Crippen molar-refractivity contribution in [1.82, 2.24) is 5.32 Å². The van der Waals surface area contributed by atoms with E-state index in [4.69, 9.17) is 11.6 Å². The van der Waals surface area contributed by atoms with Crippen molar-refractivity contribution in [2.24, 2.45) is 5.41 Å². The molecule has 1 unspecified atom stereocenters. The lowest BCUT2D eigenvalue weighted by Gasteiger charge is -2.31. The Labute approximate surface area is 113 Å². The molecule has 98 valence electrons. The number of hydrogen-bond acceptors (Lipinski definition) is 2. The highest BCUT2D eigenvalue weighted by molar-refractivity contribution is 6.32. The SMILES string of the molecule is CNC(c1cc2c(cc1Cl)NC(=O)C2)C(C)(C)C. The van der Waals surface area contributed by atoms with Crippen LogP contribution in [0.4, 0.5) is 5.69 Å². The van der Waals surface area contributed by atoms with E-state index in [-0.39, 0.29) is 17.4 Å². The molecule has 0 saturated carbocycles. The molecule has 0 radical (unpaired) electrons. The Kier molecular flexibility index (Phi) is 3.39. The van der Waals surface area contributed by atoms with Gasteiger partial charge in [-0.3, -0.25) is 4.79 Å². The Balaban J connectivity index is 2.46. The van der Waals surface area contributed by atoms with Crippen LogP contribution < -0.4 is 10.6 Å². The van der Waals surface area contributed by atoms with Gasteiger partial charge in [0, 0.05) is 16.8 Å². The van der Waals surface area contributed by atoms with Gasteiger partial charge in [0.1, 0.15) is 0 Å². The van der Waals surface area contributed by atoms with Crippen LogP contribution in [0.25, 0.3) is 0 Å². The van der Waals surface area contributed by atoms with E-state index in [0.29, 0.717) is 11.4 Å².